The molecule has 0 radical (unpaired) electrons. The molecule has 1 heterocycles. The number of carbonyl (C=O) groups is 2. The zero-order chi connectivity index (χ0) is 17.6. The third kappa shape index (κ3) is 4.20. The van der Waals surface area contributed by atoms with E-state index in [2.05, 4.69) is 15.6 Å². The van der Waals surface area contributed by atoms with Crippen LogP contribution in [-0.2, 0) is 4.79 Å². The molecule has 1 atom stereocenters. The van der Waals surface area contributed by atoms with E-state index in [4.69, 9.17) is 0 Å². The first kappa shape index (κ1) is 16.6. The normalized spacial score (nSPS) is 11.7. The Hall–Kier alpha value is -3.21. The highest BCUT2D eigenvalue weighted by atomic mass is 16.2. The van der Waals surface area contributed by atoms with Gasteiger partial charge >= 0.3 is 0 Å². The Morgan fingerprint density at radius 3 is 2.48 bits per heavy atom. The molecule has 2 aromatic carbocycles. The maximum atomic E-state index is 12.2. The molecular weight excluding hydrogens is 314 g/mol. The van der Waals surface area contributed by atoms with E-state index >= 15 is 0 Å². The van der Waals surface area contributed by atoms with Gasteiger partial charge < -0.3 is 10.6 Å². The Bertz CT molecular complexity index is 894. The van der Waals surface area contributed by atoms with Crippen molar-refractivity contribution in [3.63, 3.8) is 0 Å². The van der Waals surface area contributed by atoms with Gasteiger partial charge in [0.2, 0.25) is 5.91 Å². The molecule has 0 aliphatic carbocycles. The van der Waals surface area contributed by atoms with Crippen LogP contribution in [0.5, 0.6) is 0 Å². The van der Waals surface area contributed by atoms with Crippen molar-refractivity contribution in [1.29, 1.82) is 0 Å². The Morgan fingerprint density at radius 2 is 1.72 bits per heavy atom. The number of hydrogen-bond acceptors (Lipinski definition) is 3. The summed E-state index contributed by atoms with van der Waals surface area (Å²) in [5.41, 5.74) is 1.50. The number of pyridine rings is 1. The second-order valence-corrected chi connectivity index (χ2v) is 5.81. The van der Waals surface area contributed by atoms with E-state index in [0.29, 0.717) is 5.56 Å². The molecule has 0 aliphatic heterocycles. The van der Waals surface area contributed by atoms with Crippen LogP contribution in [0.1, 0.15) is 28.9 Å². The second kappa shape index (κ2) is 7.57. The number of rotatable bonds is 5. The van der Waals surface area contributed by atoms with Crippen LogP contribution in [0.4, 0.5) is 0 Å². The average molecular weight is 333 g/mol. The standard InChI is InChI=1S/C20H19N3O2/c1-14(15-8-10-21-11-9-15)23-19(24)13-22-20(25)18-7-6-16-4-2-3-5-17(16)12-18/h2-12,14H,13H2,1H3,(H,22,25)(H,23,24)/t14-/m1/s1. The fourth-order valence-electron chi connectivity index (χ4n) is 2.62. The molecule has 0 aliphatic rings. The van der Waals surface area contributed by atoms with Crippen molar-refractivity contribution in [2.75, 3.05) is 6.54 Å². The van der Waals surface area contributed by atoms with Gasteiger partial charge in [0.05, 0.1) is 12.6 Å². The van der Waals surface area contributed by atoms with Crippen LogP contribution < -0.4 is 10.6 Å². The number of nitrogens with zero attached hydrogens (tertiary/aromatic N) is 1. The highest BCUT2D eigenvalue weighted by Gasteiger charge is 2.12. The van der Waals surface area contributed by atoms with Crippen molar-refractivity contribution in [2.24, 2.45) is 0 Å². The predicted molar refractivity (Wildman–Crippen MR) is 97.1 cm³/mol. The molecule has 0 saturated heterocycles. The van der Waals surface area contributed by atoms with E-state index in [1.54, 1.807) is 18.5 Å². The molecule has 0 spiro atoms. The van der Waals surface area contributed by atoms with E-state index in [9.17, 15) is 9.59 Å². The van der Waals surface area contributed by atoms with E-state index in [1.807, 2.05) is 55.5 Å². The van der Waals surface area contributed by atoms with Gasteiger partial charge in [-0.15, -0.1) is 0 Å². The zero-order valence-corrected chi connectivity index (χ0v) is 13.9. The molecule has 3 rings (SSSR count). The summed E-state index contributed by atoms with van der Waals surface area (Å²) in [6.45, 7) is 1.82. The minimum Gasteiger partial charge on any atom is -0.348 e. The number of fused-ring (bicyclic) bond motifs is 1. The third-order valence-electron chi connectivity index (χ3n) is 4.00. The smallest absolute Gasteiger partial charge is 0.251 e. The van der Waals surface area contributed by atoms with Crippen molar-refractivity contribution in [2.45, 2.75) is 13.0 Å². The molecule has 5 nitrogen and oxygen atoms in total. The van der Waals surface area contributed by atoms with Gasteiger partial charge in [-0.3, -0.25) is 14.6 Å². The highest BCUT2D eigenvalue weighted by Crippen LogP contribution is 2.15. The molecule has 0 saturated carbocycles. The lowest BCUT2D eigenvalue weighted by Gasteiger charge is -2.14. The van der Waals surface area contributed by atoms with Crippen molar-refractivity contribution in [3.05, 3.63) is 78.1 Å². The summed E-state index contributed by atoms with van der Waals surface area (Å²) in [6.07, 6.45) is 3.36. The molecule has 25 heavy (non-hydrogen) atoms. The summed E-state index contributed by atoms with van der Waals surface area (Å²) in [4.78, 5) is 28.2. The lowest BCUT2D eigenvalue weighted by Crippen LogP contribution is -2.38. The SMILES string of the molecule is C[C@@H](NC(=O)CNC(=O)c1ccc2ccccc2c1)c1ccncc1. The van der Waals surface area contributed by atoms with Crippen molar-refractivity contribution >= 4 is 22.6 Å². The Balaban J connectivity index is 1.56. The number of aromatic nitrogens is 1. The number of amides is 2. The first-order valence-corrected chi connectivity index (χ1v) is 8.10. The summed E-state index contributed by atoms with van der Waals surface area (Å²) in [7, 11) is 0. The summed E-state index contributed by atoms with van der Waals surface area (Å²) < 4.78 is 0. The minimum atomic E-state index is -0.266. The molecule has 5 heteroatoms. The summed E-state index contributed by atoms with van der Waals surface area (Å²) in [6, 6.07) is 16.9. The lowest BCUT2D eigenvalue weighted by molar-refractivity contribution is -0.120. The molecule has 0 unspecified atom stereocenters. The van der Waals surface area contributed by atoms with Crippen molar-refractivity contribution in [1.82, 2.24) is 15.6 Å². The van der Waals surface area contributed by atoms with E-state index in [1.165, 1.54) is 0 Å². The second-order valence-electron chi connectivity index (χ2n) is 5.81. The predicted octanol–water partition coefficient (Wildman–Crippen LogP) is 2.84. The minimum absolute atomic E-state index is 0.0684. The van der Waals surface area contributed by atoms with Gasteiger partial charge in [-0.1, -0.05) is 30.3 Å². The van der Waals surface area contributed by atoms with Gasteiger partial charge in [-0.05, 0) is 47.5 Å². The van der Waals surface area contributed by atoms with Crippen molar-refractivity contribution < 1.29 is 9.59 Å². The molecular formula is C20H19N3O2. The van der Waals surface area contributed by atoms with Crippen LogP contribution >= 0.6 is 0 Å². The van der Waals surface area contributed by atoms with Crippen LogP contribution in [0, 0.1) is 0 Å². The van der Waals surface area contributed by atoms with Gasteiger partial charge in [0, 0.05) is 18.0 Å². The van der Waals surface area contributed by atoms with E-state index < -0.39 is 0 Å². The number of hydrogen-bond donors (Lipinski definition) is 2. The fourth-order valence-corrected chi connectivity index (χ4v) is 2.62. The summed E-state index contributed by atoms with van der Waals surface area (Å²) in [5, 5.41) is 7.57. The maximum Gasteiger partial charge on any atom is 0.251 e. The Labute approximate surface area is 146 Å². The first-order valence-electron chi connectivity index (χ1n) is 8.10. The molecule has 0 bridgehead atoms. The van der Waals surface area contributed by atoms with Crippen LogP contribution in [0.15, 0.2) is 67.0 Å². The highest BCUT2D eigenvalue weighted by molar-refractivity contribution is 6.00. The molecule has 2 N–H and O–H groups in total. The van der Waals surface area contributed by atoms with Gasteiger partial charge in [0.1, 0.15) is 0 Å². The monoisotopic (exact) mass is 333 g/mol. The molecule has 1 aromatic heterocycles. The zero-order valence-electron chi connectivity index (χ0n) is 13.9. The van der Waals surface area contributed by atoms with Crippen molar-refractivity contribution in [3.8, 4) is 0 Å². The topological polar surface area (TPSA) is 71.1 Å². The van der Waals surface area contributed by atoms with Crippen LogP contribution in [0.3, 0.4) is 0 Å². The van der Waals surface area contributed by atoms with Gasteiger partial charge in [0.15, 0.2) is 0 Å². The largest absolute Gasteiger partial charge is 0.348 e. The molecule has 0 fully saturated rings. The van der Waals surface area contributed by atoms with Gasteiger partial charge in [-0.2, -0.15) is 0 Å². The number of carbonyl (C=O) groups excluding carboxylic acids is 2. The summed E-state index contributed by atoms with van der Waals surface area (Å²) in [5.74, 6) is -0.504. The first-order chi connectivity index (χ1) is 12.1. The average Bonchev–Trinajstić information content (AvgIpc) is 2.66. The van der Waals surface area contributed by atoms with E-state index in [-0.39, 0.29) is 24.4 Å². The molecule has 3 aromatic rings. The van der Waals surface area contributed by atoms with E-state index in [0.717, 1.165) is 16.3 Å². The molecule has 2 amide bonds. The van der Waals surface area contributed by atoms with Crippen LogP contribution in [0.2, 0.25) is 0 Å². The number of benzene rings is 2. The lowest BCUT2D eigenvalue weighted by atomic mass is 10.1. The Kier molecular flexibility index (Phi) is 5.04. The number of nitrogens with one attached hydrogen (secondary N) is 2. The Morgan fingerprint density at radius 1 is 1.00 bits per heavy atom. The van der Waals surface area contributed by atoms with Crippen LogP contribution in [-0.4, -0.2) is 23.3 Å². The van der Waals surface area contributed by atoms with Crippen LogP contribution in [0.25, 0.3) is 10.8 Å². The fraction of sp³-hybridized carbons (Fsp3) is 0.150. The maximum absolute atomic E-state index is 12.2. The third-order valence-corrected chi connectivity index (χ3v) is 4.00. The van der Waals surface area contributed by atoms with Gasteiger partial charge in [0.25, 0.3) is 5.91 Å². The van der Waals surface area contributed by atoms with Gasteiger partial charge in [-0.25, -0.2) is 0 Å². The molecule has 126 valence electrons. The quantitative estimate of drug-likeness (QED) is 0.754. The summed E-state index contributed by atoms with van der Waals surface area (Å²) >= 11 is 0.